The highest BCUT2D eigenvalue weighted by Gasteiger charge is 2.02. The SMILES string of the molecule is Cc1nc(-c2ccc(NCc3csc(Br)c3)cc2)cs1. The number of hydrogen-bond donors (Lipinski definition) is 1. The summed E-state index contributed by atoms with van der Waals surface area (Å²) in [4.78, 5) is 4.50. The van der Waals surface area contributed by atoms with Crippen molar-refractivity contribution >= 4 is 44.3 Å². The molecular weight excluding hydrogens is 352 g/mol. The van der Waals surface area contributed by atoms with Crippen LogP contribution in [0.15, 0.2) is 44.9 Å². The second-order valence-electron chi connectivity index (χ2n) is 4.44. The first-order chi connectivity index (χ1) is 9.70. The molecule has 20 heavy (non-hydrogen) atoms. The standard InChI is InChI=1S/C15H13BrN2S2/c1-10-18-14(9-19-10)12-2-4-13(5-3-12)17-7-11-6-15(16)20-8-11/h2-6,8-9,17H,7H2,1H3. The molecule has 0 aliphatic heterocycles. The lowest BCUT2D eigenvalue weighted by atomic mass is 10.1. The molecule has 3 aromatic rings. The average molecular weight is 365 g/mol. The highest BCUT2D eigenvalue weighted by atomic mass is 79.9. The summed E-state index contributed by atoms with van der Waals surface area (Å²) >= 11 is 6.87. The first-order valence-electron chi connectivity index (χ1n) is 6.20. The third-order valence-electron chi connectivity index (χ3n) is 2.92. The van der Waals surface area contributed by atoms with Crippen LogP contribution in [0.2, 0.25) is 0 Å². The third-order valence-corrected chi connectivity index (χ3v) is 5.24. The van der Waals surface area contributed by atoms with Crippen molar-refractivity contribution in [2.24, 2.45) is 0 Å². The van der Waals surface area contributed by atoms with Crippen LogP contribution < -0.4 is 5.32 Å². The molecule has 0 fully saturated rings. The van der Waals surface area contributed by atoms with Gasteiger partial charge in [0.25, 0.3) is 0 Å². The van der Waals surface area contributed by atoms with Crippen molar-refractivity contribution in [2.45, 2.75) is 13.5 Å². The lowest BCUT2D eigenvalue weighted by Gasteiger charge is -2.05. The smallest absolute Gasteiger partial charge is 0.0901 e. The first-order valence-corrected chi connectivity index (χ1v) is 8.75. The number of benzene rings is 1. The Labute approximate surface area is 134 Å². The molecular formula is C15H13BrN2S2. The first kappa shape index (κ1) is 13.8. The van der Waals surface area contributed by atoms with Gasteiger partial charge in [-0.25, -0.2) is 4.98 Å². The van der Waals surface area contributed by atoms with E-state index in [1.165, 1.54) is 9.35 Å². The Morgan fingerprint density at radius 3 is 2.55 bits per heavy atom. The predicted molar refractivity (Wildman–Crippen MR) is 91.6 cm³/mol. The fourth-order valence-electron chi connectivity index (χ4n) is 1.90. The lowest BCUT2D eigenvalue weighted by Crippen LogP contribution is -1.97. The van der Waals surface area contributed by atoms with Crippen molar-refractivity contribution in [2.75, 3.05) is 5.32 Å². The van der Waals surface area contributed by atoms with Crippen molar-refractivity contribution in [3.63, 3.8) is 0 Å². The van der Waals surface area contributed by atoms with Gasteiger partial charge in [0, 0.05) is 23.2 Å². The van der Waals surface area contributed by atoms with Crippen LogP contribution in [-0.2, 0) is 6.54 Å². The minimum absolute atomic E-state index is 0.844. The van der Waals surface area contributed by atoms with E-state index in [9.17, 15) is 0 Å². The van der Waals surface area contributed by atoms with Crippen LogP contribution >= 0.6 is 38.6 Å². The van der Waals surface area contributed by atoms with Gasteiger partial charge in [-0.15, -0.1) is 22.7 Å². The van der Waals surface area contributed by atoms with E-state index < -0.39 is 0 Å². The number of aryl methyl sites for hydroxylation is 1. The van der Waals surface area contributed by atoms with Crippen LogP contribution in [0.5, 0.6) is 0 Å². The molecule has 2 heterocycles. The fourth-order valence-corrected chi connectivity index (χ4v) is 3.73. The van der Waals surface area contributed by atoms with E-state index in [0.717, 1.165) is 28.5 Å². The van der Waals surface area contributed by atoms with Gasteiger partial charge >= 0.3 is 0 Å². The number of halogens is 1. The van der Waals surface area contributed by atoms with Gasteiger partial charge in [-0.3, -0.25) is 0 Å². The van der Waals surface area contributed by atoms with Gasteiger partial charge in [0.15, 0.2) is 0 Å². The Morgan fingerprint density at radius 1 is 1.15 bits per heavy atom. The number of thiophene rings is 1. The summed E-state index contributed by atoms with van der Waals surface area (Å²) in [5.74, 6) is 0. The summed E-state index contributed by atoms with van der Waals surface area (Å²) in [7, 11) is 0. The van der Waals surface area contributed by atoms with E-state index in [-0.39, 0.29) is 0 Å². The maximum atomic E-state index is 4.50. The molecule has 1 aromatic carbocycles. The monoisotopic (exact) mass is 364 g/mol. The number of aromatic nitrogens is 1. The van der Waals surface area contributed by atoms with Crippen LogP contribution in [0.25, 0.3) is 11.3 Å². The minimum Gasteiger partial charge on any atom is -0.381 e. The Balaban J connectivity index is 1.67. The van der Waals surface area contributed by atoms with E-state index in [2.05, 4.69) is 67.3 Å². The molecule has 0 radical (unpaired) electrons. The fraction of sp³-hybridized carbons (Fsp3) is 0.133. The number of thiazole rings is 1. The van der Waals surface area contributed by atoms with E-state index in [4.69, 9.17) is 0 Å². The quantitative estimate of drug-likeness (QED) is 0.655. The largest absolute Gasteiger partial charge is 0.381 e. The summed E-state index contributed by atoms with van der Waals surface area (Å²) in [5.41, 5.74) is 4.64. The molecule has 0 unspecified atom stereocenters. The highest BCUT2D eigenvalue weighted by molar-refractivity contribution is 9.11. The van der Waals surface area contributed by atoms with Gasteiger partial charge in [-0.05, 0) is 52.0 Å². The normalized spacial score (nSPS) is 10.7. The molecule has 3 rings (SSSR count). The Bertz CT molecular complexity index is 701. The van der Waals surface area contributed by atoms with Crippen molar-refractivity contribution in [3.8, 4) is 11.3 Å². The predicted octanol–water partition coefficient (Wildman–Crippen LogP) is 5.55. The maximum absolute atomic E-state index is 4.50. The Hall–Kier alpha value is -1.17. The molecule has 0 atom stereocenters. The van der Waals surface area contributed by atoms with E-state index in [0.29, 0.717) is 0 Å². The molecule has 0 spiro atoms. The van der Waals surface area contributed by atoms with E-state index in [1.807, 2.05) is 6.92 Å². The summed E-state index contributed by atoms with van der Waals surface area (Å²) in [6.45, 7) is 2.88. The molecule has 5 heteroatoms. The molecule has 0 aliphatic carbocycles. The molecule has 1 N–H and O–H groups in total. The zero-order valence-electron chi connectivity index (χ0n) is 10.9. The van der Waals surface area contributed by atoms with Crippen molar-refractivity contribution in [1.29, 1.82) is 0 Å². The second kappa shape index (κ2) is 6.08. The molecule has 102 valence electrons. The molecule has 2 nitrogen and oxygen atoms in total. The van der Waals surface area contributed by atoms with Gasteiger partial charge < -0.3 is 5.32 Å². The lowest BCUT2D eigenvalue weighted by molar-refractivity contribution is 1.16. The van der Waals surface area contributed by atoms with Crippen LogP contribution in [0.3, 0.4) is 0 Å². The number of rotatable bonds is 4. The Morgan fingerprint density at radius 2 is 1.95 bits per heavy atom. The Kier molecular flexibility index (Phi) is 4.19. The zero-order valence-corrected chi connectivity index (χ0v) is 14.1. The summed E-state index contributed by atoms with van der Waals surface area (Å²) in [6, 6.07) is 10.6. The minimum atomic E-state index is 0.844. The molecule has 0 bridgehead atoms. The summed E-state index contributed by atoms with van der Waals surface area (Å²) in [5, 5.41) is 8.78. The van der Waals surface area contributed by atoms with Crippen LogP contribution in [0.4, 0.5) is 5.69 Å². The molecule has 0 amide bonds. The third kappa shape index (κ3) is 3.29. The number of nitrogens with zero attached hydrogens (tertiary/aromatic N) is 1. The van der Waals surface area contributed by atoms with Crippen molar-refractivity contribution in [3.05, 3.63) is 55.4 Å². The van der Waals surface area contributed by atoms with Crippen LogP contribution in [0, 0.1) is 6.92 Å². The maximum Gasteiger partial charge on any atom is 0.0901 e. The molecule has 0 aliphatic rings. The van der Waals surface area contributed by atoms with Gasteiger partial charge in [0.1, 0.15) is 0 Å². The van der Waals surface area contributed by atoms with Gasteiger partial charge in [0.2, 0.25) is 0 Å². The zero-order chi connectivity index (χ0) is 13.9. The molecule has 2 aromatic heterocycles. The number of nitrogens with one attached hydrogen (secondary N) is 1. The second-order valence-corrected chi connectivity index (χ2v) is 7.79. The van der Waals surface area contributed by atoms with Crippen LogP contribution in [0.1, 0.15) is 10.6 Å². The summed E-state index contributed by atoms with van der Waals surface area (Å²) < 4.78 is 1.17. The van der Waals surface area contributed by atoms with E-state index in [1.54, 1.807) is 22.7 Å². The highest BCUT2D eigenvalue weighted by Crippen LogP contribution is 2.24. The van der Waals surface area contributed by atoms with E-state index >= 15 is 0 Å². The van der Waals surface area contributed by atoms with Gasteiger partial charge in [-0.1, -0.05) is 12.1 Å². The van der Waals surface area contributed by atoms with Crippen molar-refractivity contribution < 1.29 is 0 Å². The molecule has 0 saturated carbocycles. The number of anilines is 1. The molecule has 0 saturated heterocycles. The van der Waals surface area contributed by atoms with Crippen molar-refractivity contribution in [1.82, 2.24) is 4.98 Å². The average Bonchev–Trinajstić information content (AvgIpc) is 3.06. The van der Waals surface area contributed by atoms with Crippen LogP contribution in [-0.4, -0.2) is 4.98 Å². The summed E-state index contributed by atoms with van der Waals surface area (Å²) in [6.07, 6.45) is 0. The van der Waals surface area contributed by atoms with Gasteiger partial charge in [0.05, 0.1) is 14.5 Å². The number of hydrogen-bond acceptors (Lipinski definition) is 4. The topological polar surface area (TPSA) is 24.9 Å². The van der Waals surface area contributed by atoms with Gasteiger partial charge in [-0.2, -0.15) is 0 Å².